The molecule has 9 heteroatoms. The summed E-state index contributed by atoms with van der Waals surface area (Å²) in [7, 11) is 0. The van der Waals surface area contributed by atoms with Crippen LogP contribution in [0, 0.1) is 0 Å². The zero-order valence-electron chi connectivity index (χ0n) is 16.0. The third-order valence-electron chi connectivity index (χ3n) is 4.18. The number of carbonyl (C=O) groups excluding carboxylic acids is 2. The Hall–Kier alpha value is -2.32. The third kappa shape index (κ3) is 5.11. The van der Waals surface area contributed by atoms with Crippen LogP contribution in [0.4, 0.5) is 18.0 Å². The predicted octanol–water partition coefficient (Wildman–Crippen LogP) is 3.57. The quantitative estimate of drug-likeness (QED) is 0.739. The van der Waals surface area contributed by atoms with E-state index in [0.717, 1.165) is 12.1 Å². The van der Waals surface area contributed by atoms with Crippen LogP contribution in [0.3, 0.4) is 0 Å². The first kappa shape index (κ1) is 21.0. The molecule has 0 aromatic carbocycles. The van der Waals surface area contributed by atoms with E-state index in [4.69, 9.17) is 4.74 Å². The smallest absolute Gasteiger partial charge is 0.417 e. The molecular formula is C18H24F3N3O3. The molecule has 2 amide bonds. The van der Waals surface area contributed by atoms with Gasteiger partial charge < -0.3 is 14.5 Å². The molecule has 1 aliphatic heterocycles. The molecule has 150 valence electrons. The normalized spacial score (nSPS) is 21.2. The van der Waals surface area contributed by atoms with Gasteiger partial charge in [0.25, 0.3) is 5.91 Å². The van der Waals surface area contributed by atoms with Crippen LogP contribution in [-0.4, -0.2) is 57.6 Å². The van der Waals surface area contributed by atoms with Crippen molar-refractivity contribution in [3.8, 4) is 0 Å². The first-order chi connectivity index (χ1) is 12.3. The fraction of sp³-hybridized carbons (Fsp3) is 0.611. The molecule has 1 aliphatic rings. The number of hydrogen-bond acceptors (Lipinski definition) is 4. The lowest BCUT2D eigenvalue weighted by Gasteiger charge is -2.44. The Morgan fingerprint density at radius 3 is 2.11 bits per heavy atom. The van der Waals surface area contributed by atoms with Crippen LogP contribution >= 0.6 is 0 Å². The number of alkyl halides is 3. The number of amides is 2. The van der Waals surface area contributed by atoms with Crippen LogP contribution in [-0.2, 0) is 10.9 Å². The number of pyridine rings is 1. The summed E-state index contributed by atoms with van der Waals surface area (Å²) in [6, 6.07) is 1.29. The molecule has 0 saturated carbocycles. The largest absolute Gasteiger partial charge is 0.444 e. The van der Waals surface area contributed by atoms with E-state index in [9.17, 15) is 22.8 Å². The molecule has 1 saturated heterocycles. The summed E-state index contributed by atoms with van der Waals surface area (Å²) in [6.07, 6.45) is -4.31. The molecule has 2 rings (SSSR count). The van der Waals surface area contributed by atoms with E-state index >= 15 is 0 Å². The van der Waals surface area contributed by atoms with Gasteiger partial charge in [0, 0.05) is 31.4 Å². The van der Waals surface area contributed by atoms with Gasteiger partial charge in [-0.1, -0.05) is 0 Å². The molecule has 6 nitrogen and oxygen atoms in total. The highest BCUT2D eigenvalue weighted by atomic mass is 19.4. The maximum Gasteiger partial charge on any atom is 0.417 e. The Morgan fingerprint density at radius 2 is 1.63 bits per heavy atom. The van der Waals surface area contributed by atoms with Gasteiger partial charge in [-0.15, -0.1) is 0 Å². The number of aromatic nitrogens is 1. The molecule has 2 heterocycles. The van der Waals surface area contributed by atoms with Crippen molar-refractivity contribution in [1.29, 1.82) is 0 Å². The highest BCUT2D eigenvalue weighted by Gasteiger charge is 2.37. The van der Waals surface area contributed by atoms with Gasteiger partial charge in [-0.3, -0.25) is 9.78 Å². The number of hydrogen-bond donors (Lipinski definition) is 0. The van der Waals surface area contributed by atoms with Crippen LogP contribution in [0.5, 0.6) is 0 Å². The van der Waals surface area contributed by atoms with Gasteiger partial charge in [0.1, 0.15) is 11.3 Å². The van der Waals surface area contributed by atoms with E-state index in [1.807, 2.05) is 0 Å². The Bertz CT molecular complexity index is 699. The number of halogens is 3. The van der Waals surface area contributed by atoms with Crippen LogP contribution in [0.1, 0.15) is 50.7 Å². The summed E-state index contributed by atoms with van der Waals surface area (Å²) in [5.74, 6) is -0.466. The number of rotatable bonds is 1. The van der Waals surface area contributed by atoms with Crippen molar-refractivity contribution < 1.29 is 27.5 Å². The molecule has 0 spiro atoms. The number of ether oxygens (including phenoxy) is 1. The van der Waals surface area contributed by atoms with E-state index in [1.54, 1.807) is 39.5 Å². The molecular weight excluding hydrogens is 363 g/mol. The Morgan fingerprint density at radius 1 is 1.07 bits per heavy atom. The minimum Gasteiger partial charge on any atom is -0.444 e. The molecule has 27 heavy (non-hydrogen) atoms. The van der Waals surface area contributed by atoms with Gasteiger partial charge in [-0.25, -0.2) is 4.79 Å². The average molecular weight is 387 g/mol. The summed E-state index contributed by atoms with van der Waals surface area (Å²) in [5.41, 5.74) is -1.60. The van der Waals surface area contributed by atoms with E-state index < -0.39 is 29.3 Å². The van der Waals surface area contributed by atoms with Crippen molar-refractivity contribution in [2.45, 2.75) is 58.5 Å². The van der Waals surface area contributed by atoms with Gasteiger partial charge >= 0.3 is 12.3 Å². The molecule has 1 fully saturated rings. The lowest BCUT2D eigenvalue weighted by molar-refractivity contribution is -0.137. The SMILES string of the molecule is C[C@@H]1CN(C(=O)OC(C)(C)C)[C@@H](C)CN1C(=O)c1ccc(C(F)(F)F)cn1. The standard InChI is InChI=1S/C18H24F3N3O3/c1-11-10-24(16(26)27-17(3,4)5)12(2)9-23(11)15(25)14-7-6-13(8-22-14)18(19,20)21/h6-8,11-12H,9-10H2,1-5H3/t11-,12+/m1/s1. The fourth-order valence-corrected chi connectivity index (χ4v) is 2.82. The molecule has 0 bridgehead atoms. The molecule has 1 aromatic rings. The van der Waals surface area contributed by atoms with Crippen molar-refractivity contribution in [2.24, 2.45) is 0 Å². The minimum atomic E-state index is -4.50. The molecule has 0 aliphatic carbocycles. The van der Waals surface area contributed by atoms with Crippen molar-refractivity contribution in [2.75, 3.05) is 13.1 Å². The highest BCUT2D eigenvalue weighted by Crippen LogP contribution is 2.28. The van der Waals surface area contributed by atoms with Gasteiger partial charge in [-0.2, -0.15) is 13.2 Å². The molecule has 1 aromatic heterocycles. The zero-order chi connectivity index (χ0) is 20.6. The molecule has 0 N–H and O–H groups in total. The second-order valence-electron chi connectivity index (χ2n) is 7.72. The van der Waals surface area contributed by atoms with E-state index in [1.165, 1.54) is 4.90 Å². The van der Waals surface area contributed by atoms with E-state index in [0.29, 0.717) is 6.20 Å². The van der Waals surface area contributed by atoms with Gasteiger partial charge in [0.2, 0.25) is 0 Å². The van der Waals surface area contributed by atoms with Crippen LogP contribution in [0.15, 0.2) is 18.3 Å². The second-order valence-corrected chi connectivity index (χ2v) is 7.72. The maximum absolute atomic E-state index is 12.7. The van der Waals surface area contributed by atoms with Crippen LogP contribution in [0.2, 0.25) is 0 Å². The third-order valence-corrected chi connectivity index (χ3v) is 4.18. The zero-order valence-corrected chi connectivity index (χ0v) is 16.0. The van der Waals surface area contributed by atoms with Crippen molar-refractivity contribution in [3.05, 3.63) is 29.6 Å². The molecule has 0 radical (unpaired) electrons. The first-order valence-electron chi connectivity index (χ1n) is 8.63. The van der Waals surface area contributed by atoms with Gasteiger partial charge in [0.15, 0.2) is 0 Å². The predicted molar refractivity (Wildman–Crippen MR) is 92.1 cm³/mol. The summed E-state index contributed by atoms with van der Waals surface area (Å²) < 4.78 is 43.3. The maximum atomic E-state index is 12.7. The van der Waals surface area contributed by atoms with Gasteiger partial charge in [0.05, 0.1) is 5.56 Å². The van der Waals surface area contributed by atoms with Crippen LogP contribution < -0.4 is 0 Å². The van der Waals surface area contributed by atoms with Crippen LogP contribution in [0.25, 0.3) is 0 Å². The summed E-state index contributed by atoms with van der Waals surface area (Å²) in [5, 5.41) is 0. The summed E-state index contributed by atoms with van der Waals surface area (Å²) in [6.45, 7) is 9.38. The Kier molecular flexibility index (Phi) is 5.72. The molecule has 0 unspecified atom stereocenters. The lowest BCUT2D eigenvalue weighted by atomic mass is 10.1. The Balaban J connectivity index is 2.10. The minimum absolute atomic E-state index is 0.0623. The van der Waals surface area contributed by atoms with E-state index in [-0.39, 0.29) is 30.9 Å². The average Bonchev–Trinajstić information content (AvgIpc) is 2.53. The summed E-state index contributed by atoms with van der Waals surface area (Å²) >= 11 is 0. The lowest BCUT2D eigenvalue weighted by Crippen LogP contribution is -2.60. The number of nitrogens with zero attached hydrogens (tertiary/aromatic N) is 3. The Labute approximate surface area is 156 Å². The van der Waals surface area contributed by atoms with Crippen molar-refractivity contribution >= 4 is 12.0 Å². The number of piperazine rings is 1. The second kappa shape index (κ2) is 7.36. The molecule has 2 atom stereocenters. The van der Waals surface area contributed by atoms with Crippen molar-refractivity contribution in [1.82, 2.24) is 14.8 Å². The van der Waals surface area contributed by atoms with Gasteiger partial charge in [-0.05, 0) is 46.8 Å². The monoisotopic (exact) mass is 387 g/mol. The van der Waals surface area contributed by atoms with E-state index in [2.05, 4.69) is 4.98 Å². The first-order valence-corrected chi connectivity index (χ1v) is 8.63. The topological polar surface area (TPSA) is 62.7 Å². The fourth-order valence-electron chi connectivity index (χ4n) is 2.82. The van der Waals surface area contributed by atoms with Crippen molar-refractivity contribution in [3.63, 3.8) is 0 Å². The number of carbonyl (C=O) groups is 2. The summed E-state index contributed by atoms with van der Waals surface area (Å²) in [4.78, 5) is 31.7. The highest BCUT2D eigenvalue weighted by molar-refractivity contribution is 5.92.